The predicted molar refractivity (Wildman–Crippen MR) is 57.1 cm³/mol. The lowest BCUT2D eigenvalue weighted by Gasteiger charge is -2.38. The zero-order chi connectivity index (χ0) is 9.86. The third kappa shape index (κ3) is 2.34. The Hall–Kier alpha value is -0.860. The van der Waals surface area contributed by atoms with Crippen molar-refractivity contribution in [3.05, 3.63) is 35.9 Å². The van der Waals surface area contributed by atoms with Crippen LogP contribution in [0, 0.1) is 5.41 Å². The fourth-order valence-electron chi connectivity index (χ4n) is 1.66. The molecule has 2 nitrogen and oxygen atoms in total. The molecule has 2 heteroatoms. The lowest BCUT2D eigenvalue weighted by molar-refractivity contribution is -0.0991. The van der Waals surface area contributed by atoms with Crippen LogP contribution in [0.2, 0.25) is 0 Å². The minimum atomic E-state index is 0.370. The fourth-order valence-corrected chi connectivity index (χ4v) is 1.66. The molecule has 1 N–H and O–H groups in total. The molecule has 1 fully saturated rings. The second kappa shape index (κ2) is 4.11. The molecule has 0 aliphatic carbocycles. The quantitative estimate of drug-likeness (QED) is 0.783. The summed E-state index contributed by atoms with van der Waals surface area (Å²) in [6.07, 6.45) is 0. The third-order valence-corrected chi connectivity index (χ3v) is 2.62. The highest BCUT2D eigenvalue weighted by atomic mass is 16.5. The molecule has 0 spiro atoms. The summed E-state index contributed by atoms with van der Waals surface area (Å²) >= 11 is 0. The number of benzene rings is 1. The molecule has 0 aromatic heterocycles. The van der Waals surface area contributed by atoms with Gasteiger partial charge in [-0.3, -0.25) is 0 Å². The third-order valence-electron chi connectivity index (χ3n) is 2.62. The Kier molecular flexibility index (Phi) is 2.85. The Balaban J connectivity index is 1.73. The number of rotatable bonds is 4. The van der Waals surface area contributed by atoms with Gasteiger partial charge in [0.15, 0.2) is 0 Å². The van der Waals surface area contributed by atoms with E-state index in [-0.39, 0.29) is 0 Å². The standard InChI is InChI=1S/C12H17NO/c1-12(9-14-10-12)8-13-7-11-5-3-2-4-6-11/h2-6,13H,7-10H2,1H3. The Morgan fingerprint density at radius 1 is 1.29 bits per heavy atom. The van der Waals surface area contributed by atoms with Gasteiger partial charge in [0.25, 0.3) is 0 Å². The van der Waals surface area contributed by atoms with E-state index in [9.17, 15) is 0 Å². The molecule has 0 atom stereocenters. The van der Waals surface area contributed by atoms with Crippen molar-refractivity contribution < 1.29 is 4.74 Å². The van der Waals surface area contributed by atoms with Crippen LogP contribution >= 0.6 is 0 Å². The molecule has 2 rings (SSSR count). The maximum atomic E-state index is 5.20. The zero-order valence-electron chi connectivity index (χ0n) is 8.62. The molecule has 76 valence electrons. The van der Waals surface area contributed by atoms with E-state index in [0.717, 1.165) is 26.3 Å². The van der Waals surface area contributed by atoms with Gasteiger partial charge in [-0.1, -0.05) is 37.3 Å². The molecule has 1 aromatic carbocycles. The maximum Gasteiger partial charge on any atom is 0.0554 e. The fraction of sp³-hybridized carbons (Fsp3) is 0.500. The molecule has 0 bridgehead atoms. The Morgan fingerprint density at radius 2 is 2.00 bits per heavy atom. The molecule has 0 saturated carbocycles. The van der Waals surface area contributed by atoms with Crippen LogP contribution in [-0.2, 0) is 11.3 Å². The van der Waals surface area contributed by atoms with Crippen LogP contribution in [0.5, 0.6) is 0 Å². The van der Waals surface area contributed by atoms with Crippen LogP contribution in [0.4, 0.5) is 0 Å². The van der Waals surface area contributed by atoms with Gasteiger partial charge in [-0.25, -0.2) is 0 Å². The van der Waals surface area contributed by atoms with E-state index < -0.39 is 0 Å². The van der Waals surface area contributed by atoms with E-state index in [0.29, 0.717) is 5.41 Å². The summed E-state index contributed by atoms with van der Waals surface area (Å²) in [5.74, 6) is 0. The minimum Gasteiger partial charge on any atom is -0.380 e. The summed E-state index contributed by atoms with van der Waals surface area (Å²) in [5, 5.41) is 3.46. The van der Waals surface area contributed by atoms with E-state index in [1.54, 1.807) is 0 Å². The van der Waals surface area contributed by atoms with Crippen LogP contribution in [0.3, 0.4) is 0 Å². The van der Waals surface area contributed by atoms with Gasteiger partial charge in [-0.05, 0) is 5.56 Å². The van der Waals surface area contributed by atoms with Crippen LogP contribution in [0.15, 0.2) is 30.3 Å². The van der Waals surface area contributed by atoms with Crippen molar-refractivity contribution >= 4 is 0 Å². The highest BCUT2D eigenvalue weighted by molar-refractivity contribution is 5.14. The highest BCUT2D eigenvalue weighted by Gasteiger charge is 2.32. The van der Waals surface area contributed by atoms with Crippen LogP contribution < -0.4 is 5.32 Å². The molecular formula is C12H17NO. The van der Waals surface area contributed by atoms with Gasteiger partial charge in [0.05, 0.1) is 13.2 Å². The van der Waals surface area contributed by atoms with Crippen molar-refractivity contribution in [2.75, 3.05) is 19.8 Å². The molecule has 0 unspecified atom stereocenters. The molecule has 0 radical (unpaired) electrons. The van der Waals surface area contributed by atoms with Gasteiger partial charge >= 0.3 is 0 Å². The predicted octanol–water partition coefficient (Wildman–Crippen LogP) is 1.81. The largest absolute Gasteiger partial charge is 0.380 e. The molecule has 1 aliphatic heterocycles. The van der Waals surface area contributed by atoms with Crippen LogP contribution in [-0.4, -0.2) is 19.8 Å². The summed E-state index contributed by atoms with van der Waals surface area (Å²) in [5.41, 5.74) is 1.71. The average molecular weight is 191 g/mol. The molecule has 1 aliphatic rings. The normalized spacial score (nSPS) is 18.9. The second-order valence-electron chi connectivity index (χ2n) is 4.39. The first-order chi connectivity index (χ1) is 6.79. The van der Waals surface area contributed by atoms with Crippen molar-refractivity contribution in [3.63, 3.8) is 0 Å². The van der Waals surface area contributed by atoms with Crippen molar-refractivity contribution in [1.29, 1.82) is 0 Å². The first-order valence-electron chi connectivity index (χ1n) is 5.11. The van der Waals surface area contributed by atoms with Gasteiger partial charge < -0.3 is 10.1 Å². The Labute approximate surface area is 85.3 Å². The lowest BCUT2D eigenvalue weighted by atomic mass is 9.89. The smallest absolute Gasteiger partial charge is 0.0554 e. The molecule has 14 heavy (non-hydrogen) atoms. The SMILES string of the molecule is CC1(CNCc2ccccc2)COC1. The summed E-state index contributed by atoms with van der Waals surface area (Å²) in [7, 11) is 0. The molecule has 0 amide bonds. The van der Waals surface area contributed by atoms with E-state index in [2.05, 4.69) is 36.5 Å². The van der Waals surface area contributed by atoms with E-state index in [1.807, 2.05) is 6.07 Å². The summed E-state index contributed by atoms with van der Waals surface area (Å²) in [6.45, 7) is 6.05. The Bertz CT molecular complexity index is 280. The maximum absolute atomic E-state index is 5.20. The average Bonchev–Trinajstić information content (AvgIpc) is 2.17. The Morgan fingerprint density at radius 3 is 2.57 bits per heavy atom. The monoisotopic (exact) mass is 191 g/mol. The van der Waals surface area contributed by atoms with E-state index >= 15 is 0 Å². The van der Waals surface area contributed by atoms with Crippen molar-refractivity contribution in [2.24, 2.45) is 5.41 Å². The number of hydrogen-bond donors (Lipinski definition) is 1. The molecule has 1 heterocycles. The van der Waals surface area contributed by atoms with E-state index in [1.165, 1.54) is 5.56 Å². The van der Waals surface area contributed by atoms with Crippen LogP contribution in [0.25, 0.3) is 0 Å². The van der Waals surface area contributed by atoms with Crippen molar-refractivity contribution in [1.82, 2.24) is 5.32 Å². The summed E-state index contributed by atoms with van der Waals surface area (Å²) in [4.78, 5) is 0. The van der Waals surface area contributed by atoms with Gasteiger partial charge in [-0.15, -0.1) is 0 Å². The number of ether oxygens (including phenoxy) is 1. The molecule has 1 saturated heterocycles. The number of nitrogens with one attached hydrogen (secondary N) is 1. The zero-order valence-corrected chi connectivity index (χ0v) is 8.62. The molecule has 1 aromatic rings. The minimum absolute atomic E-state index is 0.370. The highest BCUT2D eigenvalue weighted by Crippen LogP contribution is 2.25. The lowest BCUT2D eigenvalue weighted by Crippen LogP contribution is -2.47. The van der Waals surface area contributed by atoms with Gasteiger partial charge in [0.1, 0.15) is 0 Å². The van der Waals surface area contributed by atoms with Crippen LogP contribution in [0.1, 0.15) is 12.5 Å². The molecular weight excluding hydrogens is 174 g/mol. The van der Waals surface area contributed by atoms with Crippen molar-refractivity contribution in [3.8, 4) is 0 Å². The first-order valence-corrected chi connectivity index (χ1v) is 5.11. The summed E-state index contributed by atoms with van der Waals surface area (Å²) in [6, 6.07) is 10.5. The van der Waals surface area contributed by atoms with Gasteiger partial charge in [0.2, 0.25) is 0 Å². The second-order valence-corrected chi connectivity index (χ2v) is 4.39. The topological polar surface area (TPSA) is 21.3 Å². The van der Waals surface area contributed by atoms with Gasteiger partial charge in [-0.2, -0.15) is 0 Å². The van der Waals surface area contributed by atoms with Gasteiger partial charge in [0, 0.05) is 18.5 Å². The summed E-state index contributed by atoms with van der Waals surface area (Å²) < 4.78 is 5.20. The van der Waals surface area contributed by atoms with Crippen molar-refractivity contribution in [2.45, 2.75) is 13.5 Å². The van der Waals surface area contributed by atoms with E-state index in [4.69, 9.17) is 4.74 Å². The first kappa shape index (κ1) is 9.69. The number of hydrogen-bond acceptors (Lipinski definition) is 2.